The van der Waals surface area contributed by atoms with Gasteiger partial charge in [0, 0.05) is 43.9 Å². The largest absolute Gasteiger partial charge is 0.355 e. The van der Waals surface area contributed by atoms with Crippen LogP contribution < -0.4 is 9.80 Å². The third-order valence-corrected chi connectivity index (χ3v) is 5.68. The van der Waals surface area contributed by atoms with Gasteiger partial charge in [-0.25, -0.2) is 9.97 Å². The van der Waals surface area contributed by atoms with Gasteiger partial charge >= 0.3 is 0 Å². The van der Waals surface area contributed by atoms with Crippen LogP contribution in [0.15, 0.2) is 24.5 Å². The lowest BCUT2D eigenvalue weighted by Crippen LogP contribution is -2.32. The lowest BCUT2D eigenvalue weighted by atomic mass is 9.85. The predicted molar refractivity (Wildman–Crippen MR) is 103 cm³/mol. The number of hydrogen-bond donors (Lipinski definition) is 0. The van der Waals surface area contributed by atoms with Crippen molar-refractivity contribution < 1.29 is 0 Å². The zero-order chi connectivity index (χ0) is 18.2. The number of nitrogens with zero attached hydrogens (tertiary/aromatic N) is 8. The molecule has 1 aliphatic heterocycles. The summed E-state index contributed by atoms with van der Waals surface area (Å²) in [5.41, 5.74) is 1.85. The Bertz CT molecular complexity index is 948. The van der Waals surface area contributed by atoms with Gasteiger partial charge in [0.05, 0.1) is 0 Å². The average molecular weight is 364 g/mol. The maximum atomic E-state index is 4.89. The van der Waals surface area contributed by atoms with Crippen molar-refractivity contribution in [3.63, 3.8) is 0 Å². The molecule has 1 saturated carbocycles. The topological polar surface area (TPSA) is 75.3 Å². The molecular weight excluding hydrogens is 340 g/mol. The molecule has 0 atom stereocenters. The van der Waals surface area contributed by atoms with E-state index in [2.05, 4.69) is 42.1 Å². The predicted octanol–water partition coefficient (Wildman–Crippen LogP) is 2.21. The maximum absolute atomic E-state index is 4.89. The average Bonchev–Trinajstić information content (AvgIpc) is 2.88. The second-order valence-electron chi connectivity index (χ2n) is 7.49. The standard InChI is InChI=1S/C19H24N8/c1-14-12-18(21-13-20-14)26-9-3-8-25(10-11-26)17-7-6-16-22-23-19(27(16)24-17)15-4-2-5-15/h6-7,12-13,15H,2-5,8-11H2,1H3. The summed E-state index contributed by atoms with van der Waals surface area (Å²) < 4.78 is 1.95. The summed E-state index contributed by atoms with van der Waals surface area (Å²) in [4.78, 5) is 13.3. The Hall–Kier alpha value is -2.77. The number of rotatable bonds is 3. The molecule has 8 heteroatoms. The highest BCUT2D eigenvalue weighted by molar-refractivity contribution is 5.47. The van der Waals surface area contributed by atoms with Gasteiger partial charge < -0.3 is 9.80 Å². The number of anilines is 2. The van der Waals surface area contributed by atoms with Gasteiger partial charge in [-0.3, -0.25) is 0 Å². The minimum atomic E-state index is 0.517. The molecule has 0 spiro atoms. The zero-order valence-electron chi connectivity index (χ0n) is 15.6. The van der Waals surface area contributed by atoms with Crippen molar-refractivity contribution in [2.24, 2.45) is 0 Å². The first-order valence-electron chi connectivity index (χ1n) is 9.79. The van der Waals surface area contributed by atoms with Crippen LogP contribution in [-0.4, -0.2) is 56.0 Å². The minimum absolute atomic E-state index is 0.517. The normalized spacial score (nSPS) is 18.6. The van der Waals surface area contributed by atoms with Gasteiger partial charge in [0.2, 0.25) is 0 Å². The second kappa shape index (κ2) is 6.75. The van der Waals surface area contributed by atoms with Crippen molar-refractivity contribution in [1.82, 2.24) is 29.8 Å². The Morgan fingerprint density at radius 3 is 2.44 bits per heavy atom. The van der Waals surface area contributed by atoms with Crippen molar-refractivity contribution in [2.75, 3.05) is 36.0 Å². The Labute approximate surface area is 158 Å². The summed E-state index contributed by atoms with van der Waals surface area (Å²) in [5, 5.41) is 13.6. The highest BCUT2D eigenvalue weighted by Gasteiger charge is 2.26. The Morgan fingerprint density at radius 1 is 0.889 bits per heavy atom. The monoisotopic (exact) mass is 364 g/mol. The van der Waals surface area contributed by atoms with E-state index in [1.165, 1.54) is 19.3 Å². The molecule has 2 fully saturated rings. The molecule has 1 aliphatic carbocycles. The van der Waals surface area contributed by atoms with Crippen LogP contribution >= 0.6 is 0 Å². The number of hydrogen-bond acceptors (Lipinski definition) is 7. The fourth-order valence-corrected chi connectivity index (χ4v) is 3.87. The first-order valence-corrected chi connectivity index (χ1v) is 9.79. The molecule has 2 aliphatic rings. The molecule has 3 aromatic rings. The summed E-state index contributed by atoms with van der Waals surface area (Å²) in [6.45, 7) is 5.83. The molecule has 0 radical (unpaired) electrons. The number of aryl methyl sites for hydroxylation is 1. The van der Waals surface area contributed by atoms with E-state index in [1.54, 1.807) is 6.33 Å². The summed E-state index contributed by atoms with van der Waals surface area (Å²) in [5.74, 6) is 3.55. The van der Waals surface area contributed by atoms with Gasteiger partial charge in [0.15, 0.2) is 11.5 Å². The Balaban J connectivity index is 1.37. The number of aromatic nitrogens is 6. The molecule has 0 bridgehead atoms. The van der Waals surface area contributed by atoms with Crippen LogP contribution in [0, 0.1) is 6.92 Å². The third kappa shape index (κ3) is 3.09. The second-order valence-corrected chi connectivity index (χ2v) is 7.49. The molecule has 0 unspecified atom stereocenters. The highest BCUT2D eigenvalue weighted by atomic mass is 15.4. The van der Waals surface area contributed by atoms with Crippen LogP contribution in [0.3, 0.4) is 0 Å². The van der Waals surface area contributed by atoms with E-state index in [4.69, 9.17) is 5.10 Å². The van der Waals surface area contributed by atoms with Crippen molar-refractivity contribution in [3.05, 3.63) is 36.0 Å². The van der Waals surface area contributed by atoms with Crippen LogP contribution in [0.4, 0.5) is 11.6 Å². The van der Waals surface area contributed by atoms with Crippen LogP contribution in [0.2, 0.25) is 0 Å². The molecule has 8 nitrogen and oxygen atoms in total. The first-order chi connectivity index (χ1) is 13.3. The summed E-state index contributed by atoms with van der Waals surface area (Å²) in [6, 6.07) is 6.16. The van der Waals surface area contributed by atoms with Gasteiger partial charge in [-0.15, -0.1) is 15.3 Å². The van der Waals surface area contributed by atoms with Crippen LogP contribution in [0.5, 0.6) is 0 Å². The van der Waals surface area contributed by atoms with Gasteiger partial charge in [0.25, 0.3) is 0 Å². The van der Waals surface area contributed by atoms with Gasteiger partial charge in [-0.1, -0.05) is 6.42 Å². The molecule has 4 heterocycles. The Kier molecular flexibility index (Phi) is 4.10. The zero-order valence-corrected chi connectivity index (χ0v) is 15.6. The molecular formula is C19H24N8. The smallest absolute Gasteiger partial charge is 0.178 e. The van der Waals surface area contributed by atoms with E-state index in [0.717, 1.165) is 61.4 Å². The SMILES string of the molecule is Cc1cc(N2CCCN(c3ccc4nnc(C5CCC5)n4n3)CC2)ncn1. The van der Waals surface area contributed by atoms with Crippen molar-refractivity contribution >= 4 is 17.3 Å². The van der Waals surface area contributed by atoms with Crippen LogP contribution in [0.25, 0.3) is 5.65 Å². The molecule has 0 aromatic carbocycles. The van der Waals surface area contributed by atoms with Crippen molar-refractivity contribution in [1.29, 1.82) is 0 Å². The fraction of sp³-hybridized carbons (Fsp3) is 0.526. The van der Waals surface area contributed by atoms with Gasteiger partial charge in [-0.2, -0.15) is 4.52 Å². The van der Waals surface area contributed by atoms with Crippen molar-refractivity contribution in [2.45, 2.75) is 38.5 Å². The van der Waals surface area contributed by atoms with Crippen LogP contribution in [-0.2, 0) is 0 Å². The molecule has 27 heavy (non-hydrogen) atoms. The minimum Gasteiger partial charge on any atom is -0.355 e. The number of fused-ring (bicyclic) bond motifs is 1. The van der Waals surface area contributed by atoms with Crippen LogP contribution in [0.1, 0.15) is 43.1 Å². The van der Waals surface area contributed by atoms with E-state index in [-0.39, 0.29) is 0 Å². The molecule has 1 saturated heterocycles. The third-order valence-electron chi connectivity index (χ3n) is 5.68. The van der Waals surface area contributed by atoms with E-state index in [9.17, 15) is 0 Å². The lowest BCUT2D eigenvalue weighted by molar-refractivity contribution is 0.395. The van der Waals surface area contributed by atoms with E-state index < -0.39 is 0 Å². The molecule has 5 rings (SSSR count). The first kappa shape index (κ1) is 16.4. The van der Waals surface area contributed by atoms with E-state index >= 15 is 0 Å². The van der Waals surface area contributed by atoms with Gasteiger partial charge in [0.1, 0.15) is 18.0 Å². The molecule has 0 amide bonds. The Morgan fingerprint density at radius 2 is 1.70 bits per heavy atom. The highest BCUT2D eigenvalue weighted by Crippen LogP contribution is 2.35. The van der Waals surface area contributed by atoms with E-state index in [1.807, 2.05) is 17.5 Å². The molecule has 3 aromatic heterocycles. The summed E-state index contributed by atoms with van der Waals surface area (Å²) in [7, 11) is 0. The fourth-order valence-electron chi connectivity index (χ4n) is 3.87. The summed E-state index contributed by atoms with van der Waals surface area (Å²) in [6.07, 6.45) is 6.40. The molecule has 0 N–H and O–H groups in total. The molecule has 140 valence electrons. The van der Waals surface area contributed by atoms with Crippen molar-refractivity contribution in [3.8, 4) is 0 Å². The van der Waals surface area contributed by atoms with Gasteiger partial charge in [-0.05, 0) is 38.3 Å². The maximum Gasteiger partial charge on any atom is 0.178 e. The quantitative estimate of drug-likeness (QED) is 0.705. The summed E-state index contributed by atoms with van der Waals surface area (Å²) >= 11 is 0. The van der Waals surface area contributed by atoms with E-state index in [0.29, 0.717) is 5.92 Å². The lowest BCUT2D eigenvalue weighted by Gasteiger charge is -2.25.